The number of alkyl halides is 3. The van der Waals surface area contributed by atoms with E-state index in [9.17, 15) is 26.4 Å². The fraction of sp³-hybridized carbons (Fsp3) is 0.211. The Labute approximate surface area is 170 Å². The highest BCUT2D eigenvalue weighted by Crippen LogP contribution is 2.36. The van der Waals surface area contributed by atoms with Crippen molar-refractivity contribution in [2.45, 2.75) is 17.6 Å². The second-order valence-corrected chi connectivity index (χ2v) is 8.59. The van der Waals surface area contributed by atoms with Gasteiger partial charge in [-0.05, 0) is 17.7 Å². The maximum Gasteiger partial charge on any atom is 0.435 e. The Bertz CT molecular complexity index is 1160. The molecule has 2 heterocycles. The third-order valence-electron chi connectivity index (χ3n) is 4.27. The summed E-state index contributed by atoms with van der Waals surface area (Å²) in [5, 5.41) is 3.58. The van der Waals surface area contributed by atoms with Gasteiger partial charge in [0.2, 0.25) is 0 Å². The molecule has 0 radical (unpaired) electrons. The number of anilines is 1. The molecule has 2 aromatic heterocycles. The van der Waals surface area contributed by atoms with E-state index in [0.29, 0.717) is 0 Å². The van der Waals surface area contributed by atoms with E-state index < -0.39 is 27.3 Å². The topological polar surface area (TPSA) is 85.2 Å². The van der Waals surface area contributed by atoms with Crippen molar-refractivity contribution in [3.8, 4) is 5.82 Å². The van der Waals surface area contributed by atoms with Gasteiger partial charge < -0.3 is 4.90 Å². The van der Waals surface area contributed by atoms with Crippen LogP contribution in [-0.2, 0) is 22.6 Å². The number of carbonyl (C=O) groups is 1. The summed E-state index contributed by atoms with van der Waals surface area (Å²) in [5.74, 6) is -0.170. The van der Waals surface area contributed by atoms with Crippen LogP contribution in [0.4, 0.5) is 19.0 Å². The average molecular weight is 438 g/mol. The van der Waals surface area contributed by atoms with Crippen LogP contribution in [0.2, 0.25) is 0 Å². The fourth-order valence-corrected chi connectivity index (χ4v) is 3.47. The van der Waals surface area contributed by atoms with E-state index >= 15 is 0 Å². The van der Waals surface area contributed by atoms with Crippen molar-refractivity contribution >= 4 is 21.9 Å². The number of sulfone groups is 1. The highest BCUT2D eigenvalue weighted by molar-refractivity contribution is 7.90. The number of pyridine rings is 1. The quantitative estimate of drug-likeness (QED) is 0.550. The molecule has 11 heteroatoms. The Morgan fingerprint density at radius 1 is 1.13 bits per heavy atom. The molecule has 0 fully saturated rings. The van der Waals surface area contributed by atoms with Gasteiger partial charge in [0.15, 0.2) is 27.6 Å². The molecule has 0 saturated heterocycles. The molecule has 0 N–H and O–H groups in total. The summed E-state index contributed by atoms with van der Waals surface area (Å²) in [5.41, 5.74) is -1.17. The lowest BCUT2D eigenvalue weighted by Gasteiger charge is -2.21. The second-order valence-electron chi connectivity index (χ2n) is 6.58. The molecule has 3 rings (SSSR count). The Kier molecular flexibility index (Phi) is 5.66. The van der Waals surface area contributed by atoms with E-state index in [0.717, 1.165) is 22.7 Å². The van der Waals surface area contributed by atoms with Crippen LogP contribution in [0.15, 0.2) is 53.6 Å². The largest absolute Gasteiger partial charge is 0.435 e. The number of rotatable bonds is 6. The summed E-state index contributed by atoms with van der Waals surface area (Å²) in [6.07, 6.45) is -2.74. The lowest BCUT2D eigenvalue weighted by Crippen LogP contribution is -2.21. The molecule has 3 aromatic rings. The van der Waals surface area contributed by atoms with Gasteiger partial charge in [0.1, 0.15) is 5.82 Å². The molecular weight excluding hydrogens is 421 g/mol. The van der Waals surface area contributed by atoms with Crippen LogP contribution in [0, 0.1) is 0 Å². The number of hydrogen-bond donors (Lipinski definition) is 0. The number of aldehydes is 1. The van der Waals surface area contributed by atoms with Gasteiger partial charge in [0, 0.05) is 26.0 Å². The highest BCUT2D eigenvalue weighted by atomic mass is 32.2. The highest BCUT2D eigenvalue weighted by Gasteiger charge is 2.40. The van der Waals surface area contributed by atoms with Crippen molar-refractivity contribution in [3.05, 3.63) is 65.5 Å². The Morgan fingerprint density at radius 2 is 1.80 bits per heavy atom. The Balaban J connectivity index is 2.16. The fourth-order valence-electron chi connectivity index (χ4n) is 2.92. The first-order valence-electron chi connectivity index (χ1n) is 8.59. The molecule has 158 valence electrons. The molecule has 30 heavy (non-hydrogen) atoms. The normalized spacial score (nSPS) is 12.0. The summed E-state index contributed by atoms with van der Waals surface area (Å²) in [6.45, 7) is 0.200. The van der Waals surface area contributed by atoms with Gasteiger partial charge in [-0.1, -0.05) is 30.3 Å². The predicted molar refractivity (Wildman–Crippen MR) is 103 cm³/mol. The first kappa shape index (κ1) is 21.5. The number of halogens is 3. The average Bonchev–Trinajstić information content (AvgIpc) is 3.08. The Morgan fingerprint density at radius 3 is 2.30 bits per heavy atom. The van der Waals surface area contributed by atoms with Crippen molar-refractivity contribution in [2.24, 2.45) is 0 Å². The molecule has 7 nitrogen and oxygen atoms in total. The number of aromatic nitrogens is 3. The van der Waals surface area contributed by atoms with Crippen LogP contribution in [0.25, 0.3) is 5.82 Å². The molecule has 0 aliphatic rings. The molecule has 0 saturated carbocycles. The van der Waals surface area contributed by atoms with Gasteiger partial charge in [-0.25, -0.2) is 13.4 Å². The molecule has 0 aliphatic carbocycles. The summed E-state index contributed by atoms with van der Waals surface area (Å²) < 4.78 is 64.7. The van der Waals surface area contributed by atoms with Crippen molar-refractivity contribution in [2.75, 3.05) is 18.2 Å². The third-order valence-corrected chi connectivity index (χ3v) is 5.37. The van der Waals surface area contributed by atoms with Crippen LogP contribution >= 0.6 is 0 Å². The molecular formula is C19H17F3N4O3S. The number of nitrogens with zero attached hydrogens (tertiary/aromatic N) is 4. The van der Waals surface area contributed by atoms with Gasteiger partial charge >= 0.3 is 6.18 Å². The summed E-state index contributed by atoms with van der Waals surface area (Å²) in [4.78, 5) is 16.9. The Hall–Kier alpha value is -3.21. The first-order valence-corrected chi connectivity index (χ1v) is 10.5. The molecule has 1 aromatic carbocycles. The zero-order chi connectivity index (χ0) is 22.1. The van der Waals surface area contributed by atoms with E-state index in [1.165, 1.54) is 24.1 Å². The van der Waals surface area contributed by atoms with Gasteiger partial charge in [0.05, 0.1) is 10.5 Å². The minimum Gasteiger partial charge on any atom is -0.355 e. The molecule has 0 amide bonds. The smallest absolute Gasteiger partial charge is 0.355 e. The second kappa shape index (κ2) is 7.90. The van der Waals surface area contributed by atoms with E-state index in [4.69, 9.17) is 0 Å². The zero-order valence-electron chi connectivity index (χ0n) is 16.0. The zero-order valence-corrected chi connectivity index (χ0v) is 16.8. The predicted octanol–water partition coefficient (Wildman–Crippen LogP) is 3.14. The van der Waals surface area contributed by atoms with Crippen molar-refractivity contribution < 1.29 is 26.4 Å². The van der Waals surface area contributed by atoms with Crippen LogP contribution in [0.3, 0.4) is 0 Å². The number of hydrogen-bond acceptors (Lipinski definition) is 6. The first-order chi connectivity index (χ1) is 14.0. The van der Waals surface area contributed by atoms with Crippen molar-refractivity contribution in [3.63, 3.8) is 0 Å². The van der Waals surface area contributed by atoms with E-state index in [-0.39, 0.29) is 29.4 Å². The number of benzene rings is 1. The van der Waals surface area contributed by atoms with Crippen molar-refractivity contribution in [1.82, 2.24) is 14.8 Å². The molecule has 0 aliphatic heterocycles. The van der Waals surface area contributed by atoms with E-state index in [1.807, 2.05) is 0 Å². The molecule has 0 spiro atoms. The van der Waals surface area contributed by atoms with Gasteiger partial charge in [-0.15, -0.1) is 0 Å². The summed E-state index contributed by atoms with van der Waals surface area (Å²) in [7, 11) is -2.01. The molecule has 0 unspecified atom stereocenters. The molecule has 0 atom stereocenters. The lowest BCUT2D eigenvalue weighted by atomic mass is 10.2. The van der Waals surface area contributed by atoms with Crippen molar-refractivity contribution in [1.29, 1.82) is 0 Å². The van der Waals surface area contributed by atoms with Crippen LogP contribution in [-0.4, -0.2) is 42.8 Å². The molecule has 0 bridgehead atoms. The van der Waals surface area contributed by atoms with E-state index in [2.05, 4.69) is 10.1 Å². The third kappa shape index (κ3) is 4.35. The van der Waals surface area contributed by atoms with Gasteiger partial charge in [-0.2, -0.15) is 23.0 Å². The van der Waals surface area contributed by atoms with Crippen LogP contribution in [0.5, 0.6) is 0 Å². The number of carbonyl (C=O) groups excluding carboxylic acids is 1. The van der Waals surface area contributed by atoms with E-state index in [1.54, 1.807) is 30.3 Å². The minimum absolute atomic E-state index is 0.0593. The minimum atomic E-state index is -4.86. The monoisotopic (exact) mass is 438 g/mol. The summed E-state index contributed by atoms with van der Waals surface area (Å²) in [6, 6.07) is 11.4. The maximum atomic E-state index is 13.5. The van der Waals surface area contributed by atoms with Gasteiger partial charge in [-0.3, -0.25) is 4.79 Å². The standard InChI is InChI=1S/C19H17F3N4O3S/c1-25(11-13-6-4-3-5-7-13)18-15(12-27)17(19(20,21)22)24-26(18)16-9-8-14(10-23-16)30(2,28)29/h3-10,12H,11H2,1-2H3. The van der Waals surface area contributed by atoms with Gasteiger partial charge in [0.25, 0.3) is 0 Å². The maximum absolute atomic E-state index is 13.5. The van der Waals surface area contributed by atoms with Crippen LogP contribution in [0.1, 0.15) is 21.6 Å². The lowest BCUT2D eigenvalue weighted by molar-refractivity contribution is -0.141. The van der Waals surface area contributed by atoms with Crippen LogP contribution < -0.4 is 4.90 Å². The SMILES string of the molecule is CN(Cc1ccccc1)c1c(C=O)c(C(F)(F)F)nn1-c1ccc(S(C)(=O)=O)cn1. The summed E-state index contributed by atoms with van der Waals surface area (Å²) >= 11 is 0.